The number of halogens is 2. The first-order valence-corrected chi connectivity index (χ1v) is 11.2. The fourth-order valence-electron chi connectivity index (χ4n) is 4.91. The molecule has 166 valence electrons. The van der Waals surface area contributed by atoms with Crippen LogP contribution in [-0.2, 0) is 11.2 Å². The van der Waals surface area contributed by atoms with Gasteiger partial charge in [0, 0.05) is 19.2 Å². The van der Waals surface area contributed by atoms with Gasteiger partial charge in [0.25, 0.3) is 0 Å². The maximum absolute atomic E-state index is 13.9. The summed E-state index contributed by atoms with van der Waals surface area (Å²) >= 11 is 5.87. The molecule has 1 aliphatic heterocycles. The second-order valence-corrected chi connectivity index (χ2v) is 9.21. The summed E-state index contributed by atoms with van der Waals surface area (Å²) in [4.78, 5) is 21.6. The SMILES string of the molecule is O=C(O)Cc1ccc(OCCCC2CC3(CCN(c4ncc(Cl)cn4)CC3)C2)cc1F. The van der Waals surface area contributed by atoms with Crippen molar-refractivity contribution in [1.29, 1.82) is 0 Å². The monoisotopic (exact) mass is 447 g/mol. The normalized spacial score (nSPS) is 18.1. The number of carboxylic acid groups (broad SMARTS) is 1. The van der Waals surface area contributed by atoms with Gasteiger partial charge in [0.2, 0.25) is 5.95 Å². The molecule has 8 heteroatoms. The van der Waals surface area contributed by atoms with Crippen molar-refractivity contribution in [1.82, 2.24) is 9.97 Å². The van der Waals surface area contributed by atoms with Crippen LogP contribution in [0.2, 0.25) is 5.02 Å². The van der Waals surface area contributed by atoms with Crippen molar-refractivity contribution in [2.75, 3.05) is 24.6 Å². The van der Waals surface area contributed by atoms with Crippen LogP contribution in [0, 0.1) is 17.2 Å². The van der Waals surface area contributed by atoms with Crippen LogP contribution in [0.3, 0.4) is 0 Å². The average Bonchev–Trinajstić information content (AvgIpc) is 2.72. The first kappa shape index (κ1) is 21.8. The van der Waals surface area contributed by atoms with E-state index in [9.17, 15) is 9.18 Å². The van der Waals surface area contributed by atoms with Gasteiger partial charge in [-0.1, -0.05) is 17.7 Å². The molecule has 2 aromatic rings. The van der Waals surface area contributed by atoms with E-state index in [1.807, 2.05) is 0 Å². The Morgan fingerprint density at radius 1 is 1.26 bits per heavy atom. The van der Waals surface area contributed by atoms with Crippen LogP contribution >= 0.6 is 11.6 Å². The Morgan fingerprint density at radius 3 is 2.61 bits per heavy atom. The maximum atomic E-state index is 13.9. The molecular weight excluding hydrogens is 421 g/mol. The molecule has 2 fully saturated rings. The van der Waals surface area contributed by atoms with Crippen molar-refractivity contribution in [2.45, 2.75) is 44.9 Å². The summed E-state index contributed by atoms with van der Waals surface area (Å²) in [7, 11) is 0. The lowest BCUT2D eigenvalue weighted by atomic mass is 9.56. The average molecular weight is 448 g/mol. The first-order valence-electron chi connectivity index (χ1n) is 10.8. The third kappa shape index (κ3) is 5.45. The van der Waals surface area contributed by atoms with Crippen LogP contribution in [0.5, 0.6) is 5.75 Å². The van der Waals surface area contributed by atoms with E-state index in [0.29, 0.717) is 22.8 Å². The lowest BCUT2D eigenvalue weighted by Gasteiger charge is -2.52. The Bertz CT molecular complexity index is 909. The van der Waals surface area contributed by atoms with Gasteiger partial charge in [0.05, 0.1) is 30.4 Å². The van der Waals surface area contributed by atoms with E-state index in [1.165, 1.54) is 37.8 Å². The molecule has 31 heavy (non-hydrogen) atoms. The molecular formula is C23H27ClFN3O3. The zero-order valence-corrected chi connectivity index (χ0v) is 18.2. The second kappa shape index (κ2) is 9.39. The van der Waals surface area contributed by atoms with Crippen molar-refractivity contribution in [2.24, 2.45) is 11.3 Å². The molecule has 1 saturated heterocycles. The van der Waals surface area contributed by atoms with Gasteiger partial charge in [0.1, 0.15) is 11.6 Å². The molecule has 1 saturated carbocycles. The standard InChI is InChI=1S/C23H27ClFN3O3/c24-18-14-26-22(27-15-18)28-7-5-23(6-8-28)12-16(13-23)2-1-9-31-19-4-3-17(10-21(29)30)20(25)11-19/h3-4,11,14-16H,1-2,5-10,12-13H2,(H,29,30). The highest BCUT2D eigenvalue weighted by atomic mass is 35.5. The van der Waals surface area contributed by atoms with Crippen LogP contribution in [0.4, 0.5) is 10.3 Å². The topological polar surface area (TPSA) is 75.6 Å². The van der Waals surface area contributed by atoms with Gasteiger partial charge in [-0.05, 0) is 61.5 Å². The van der Waals surface area contributed by atoms with E-state index >= 15 is 0 Å². The third-order valence-electron chi connectivity index (χ3n) is 6.55. The summed E-state index contributed by atoms with van der Waals surface area (Å²) in [6.45, 7) is 2.52. The lowest BCUT2D eigenvalue weighted by molar-refractivity contribution is -0.136. The van der Waals surface area contributed by atoms with Crippen molar-refractivity contribution < 1.29 is 19.0 Å². The number of aromatic nitrogens is 2. The van der Waals surface area contributed by atoms with Crippen LogP contribution in [0.25, 0.3) is 0 Å². The van der Waals surface area contributed by atoms with E-state index < -0.39 is 11.8 Å². The largest absolute Gasteiger partial charge is 0.493 e. The Kier molecular flexibility index (Phi) is 6.60. The number of carbonyl (C=O) groups is 1. The number of piperidine rings is 1. The van der Waals surface area contributed by atoms with E-state index in [1.54, 1.807) is 18.5 Å². The van der Waals surface area contributed by atoms with Gasteiger partial charge in [0.15, 0.2) is 0 Å². The van der Waals surface area contributed by atoms with Gasteiger partial charge >= 0.3 is 5.97 Å². The van der Waals surface area contributed by atoms with Gasteiger partial charge in [-0.25, -0.2) is 14.4 Å². The Morgan fingerprint density at radius 2 is 1.97 bits per heavy atom. The number of aliphatic carboxylic acids is 1. The number of anilines is 1. The van der Waals surface area contributed by atoms with Gasteiger partial charge in [-0.3, -0.25) is 4.79 Å². The molecule has 6 nitrogen and oxygen atoms in total. The number of carboxylic acids is 1. The molecule has 0 radical (unpaired) electrons. The summed E-state index contributed by atoms with van der Waals surface area (Å²) in [5, 5.41) is 9.33. The molecule has 1 aromatic carbocycles. The van der Waals surface area contributed by atoms with Crippen LogP contribution in [0.15, 0.2) is 30.6 Å². The Balaban J connectivity index is 1.14. The predicted molar refractivity (Wildman–Crippen MR) is 116 cm³/mol. The molecule has 0 amide bonds. The number of hydrogen-bond donors (Lipinski definition) is 1. The Labute approximate surface area is 186 Å². The van der Waals surface area contributed by atoms with Crippen molar-refractivity contribution in [3.8, 4) is 5.75 Å². The summed E-state index contributed by atoms with van der Waals surface area (Å²) in [5.74, 6) is 0.371. The highest BCUT2D eigenvalue weighted by Gasteiger charge is 2.45. The number of ether oxygens (including phenoxy) is 1. The van der Waals surface area contributed by atoms with Gasteiger partial charge < -0.3 is 14.7 Å². The summed E-state index contributed by atoms with van der Waals surface area (Å²) < 4.78 is 19.6. The lowest BCUT2D eigenvalue weighted by Crippen LogP contribution is -2.47. The second-order valence-electron chi connectivity index (χ2n) is 8.78. The molecule has 0 atom stereocenters. The minimum atomic E-state index is -1.05. The quantitative estimate of drug-likeness (QED) is 0.588. The molecule has 0 bridgehead atoms. The number of rotatable bonds is 8. The number of benzene rings is 1. The van der Waals surface area contributed by atoms with Crippen LogP contribution < -0.4 is 9.64 Å². The highest BCUT2D eigenvalue weighted by Crippen LogP contribution is 2.54. The Hall–Kier alpha value is -2.41. The van der Waals surface area contributed by atoms with Crippen molar-refractivity contribution in [3.05, 3.63) is 47.0 Å². The fourth-order valence-corrected chi connectivity index (χ4v) is 5.01. The summed E-state index contributed by atoms with van der Waals surface area (Å²) in [6.07, 6.45) is 9.90. The fraction of sp³-hybridized carbons (Fsp3) is 0.522. The number of nitrogens with zero attached hydrogens (tertiary/aromatic N) is 3. The first-order chi connectivity index (χ1) is 14.9. The van der Waals surface area contributed by atoms with E-state index in [4.69, 9.17) is 21.4 Å². The van der Waals surface area contributed by atoms with Crippen LogP contribution in [-0.4, -0.2) is 40.7 Å². The molecule has 1 aromatic heterocycles. The molecule has 1 spiro atoms. The zero-order chi connectivity index (χ0) is 21.8. The van der Waals surface area contributed by atoms with Crippen molar-refractivity contribution >= 4 is 23.5 Å². The molecule has 1 N–H and O–H groups in total. The van der Waals surface area contributed by atoms with Crippen molar-refractivity contribution in [3.63, 3.8) is 0 Å². The van der Waals surface area contributed by atoms with E-state index in [2.05, 4.69) is 14.9 Å². The minimum Gasteiger partial charge on any atom is -0.493 e. The summed E-state index contributed by atoms with van der Waals surface area (Å²) in [6, 6.07) is 4.39. The molecule has 4 rings (SSSR count). The maximum Gasteiger partial charge on any atom is 0.307 e. The van der Waals surface area contributed by atoms with Gasteiger partial charge in [-0.2, -0.15) is 0 Å². The zero-order valence-electron chi connectivity index (χ0n) is 17.4. The van der Waals surface area contributed by atoms with E-state index in [0.717, 1.165) is 37.8 Å². The third-order valence-corrected chi connectivity index (χ3v) is 6.74. The summed E-state index contributed by atoms with van der Waals surface area (Å²) in [5.41, 5.74) is 0.644. The van der Waals surface area contributed by atoms with Crippen LogP contribution in [0.1, 0.15) is 44.1 Å². The molecule has 1 aliphatic carbocycles. The van der Waals surface area contributed by atoms with Gasteiger partial charge in [-0.15, -0.1) is 0 Å². The highest BCUT2D eigenvalue weighted by molar-refractivity contribution is 6.30. The predicted octanol–water partition coefficient (Wildman–Crippen LogP) is 4.75. The molecule has 2 aliphatic rings. The number of hydrogen-bond acceptors (Lipinski definition) is 5. The molecule has 0 unspecified atom stereocenters. The molecule has 2 heterocycles. The van der Waals surface area contributed by atoms with E-state index in [-0.39, 0.29) is 12.0 Å². The smallest absolute Gasteiger partial charge is 0.307 e. The minimum absolute atomic E-state index is 0.174.